The molecule has 3 atom stereocenters. The molecule has 0 unspecified atom stereocenters. The van der Waals surface area contributed by atoms with E-state index in [2.05, 4.69) is 0 Å². The van der Waals surface area contributed by atoms with Gasteiger partial charge >= 0.3 is 18.4 Å². The number of carbonyl (C=O) groups is 3. The maximum atomic E-state index is 14.0. The molecule has 2 fully saturated rings. The summed E-state index contributed by atoms with van der Waals surface area (Å²) in [6.07, 6.45) is -8.89. The number of alkyl halides is 6. The number of fused-ring (bicyclic) bond motifs is 1. The number of halogens is 6. The lowest BCUT2D eigenvalue weighted by Crippen LogP contribution is -2.73. The van der Waals surface area contributed by atoms with Crippen LogP contribution in [0.1, 0.15) is 61.3 Å². The van der Waals surface area contributed by atoms with Gasteiger partial charge in [-0.2, -0.15) is 26.3 Å². The number of ether oxygens (including phenoxy) is 1. The van der Waals surface area contributed by atoms with Gasteiger partial charge in [-0.05, 0) is 68.0 Å². The molecule has 2 aromatic carbocycles. The fourth-order valence-electron chi connectivity index (χ4n) is 5.98. The van der Waals surface area contributed by atoms with Gasteiger partial charge in [0.25, 0.3) is 0 Å². The number of hydrogen-bond donors (Lipinski definition) is 1. The smallest absolute Gasteiger partial charge is 0.416 e. The predicted molar refractivity (Wildman–Crippen MR) is 156 cm³/mol. The average molecular weight is 657 g/mol. The molecule has 0 radical (unpaired) electrons. The fraction of sp³-hybridized carbons (Fsp3) is 0.531. The van der Waals surface area contributed by atoms with Gasteiger partial charge in [-0.3, -0.25) is 14.5 Å². The van der Waals surface area contributed by atoms with Crippen LogP contribution in [0.4, 0.5) is 31.1 Å². The molecular weight excluding hydrogens is 618 g/mol. The third-order valence-corrected chi connectivity index (χ3v) is 8.30. The summed E-state index contributed by atoms with van der Waals surface area (Å²) in [5.41, 5.74) is 2.94. The maximum absolute atomic E-state index is 14.0. The van der Waals surface area contributed by atoms with Crippen LogP contribution in [0.15, 0.2) is 48.5 Å². The molecule has 14 heteroatoms. The Morgan fingerprint density at radius 1 is 0.891 bits per heavy atom. The van der Waals surface area contributed by atoms with Gasteiger partial charge in [0.05, 0.1) is 23.6 Å². The van der Waals surface area contributed by atoms with E-state index in [0.717, 1.165) is 12.0 Å². The number of nitrogens with zero attached hydrogens (tertiary/aromatic N) is 3. The molecular formula is C32H38F6N4O4. The van der Waals surface area contributed by atoms with E-state index in [1.54, 1.807) is 17.0 Å². The van der Waals surface area contributed by atoms with Gasteiger partial charge in [0.2, 0.25) is 11.8 Å². The van der Waals surface area contributed by atoms with Crippen molar-refractivity contribution < 1.29 is 45.5 Å². The van der Waals surface area contributed by atoms with Crippen molar-refractivity contribution in [3.05, 3.63) is 70.8 Å². The molecule has 0 saturated carbocycles. The Morgan fingerprint density at radius 2 is 1.54 bits per heavy atom. The van der Waals surface area contributed by atoms with E-state index in [9.17, 15) is 40.7 Å². The molecule has 2 aliphatic heterocycles. The number of rotatable bonds is 11. The summed E-state index contributed by atoms with van der Waals surface area (Å²) in [5, 5.41) is 0. The van der Waals surface area contributed by atoms with Gasteiger partial charge in [0.1, 0.15) is 18.8 Å². The quantitative estimate of drug-likeness (QED) is 0.243. The molecule has 2 saturated heterocycles. The highest BCUT2D eigenvalue weighted by Crippen LogP contribution is 2.37. The molecule has 2 aliphatic rings. The van der Waals surface area contributed by atoms with E-state index >= 15 is 0 Å². The Bertz CT molecular complexity index is 1340. The Morgan fingerprint density at radius 3 is 2.13 bits per heavy atom. The molecule has 3 amide bonds. The first-order chi connectivity index (χ1) is 21.7. The molecule has 2 aromatic rings. The first-order valence-electron chi connectivity index (χ1n) is 15.3. The van der Waals surface area contributed by atoms with Crippen LogP contribution >= 0.6 is 0 Å². The van der Waals surface area contributed by atoms with Gasteiger partial charge in [-0.1, -0.05) is 43.7 Å². The van der Waals surface area contributed by atoms with Crippen molar-refractivity contribution in [3.8, 4) is 0 Å². The lowest BCUT2D eigenvalue weighted by Gasteiger charge is -2.53. The second-order valence-electron chi connectivity index (χ2n) is 11.7. The van der Waals surface area contributed by atoms with E-state index in [1.165, 1.54) is 9.80 Å². The zero-order valence-corrected chi connectivity index (χ0v) is 25.4. The molecule has 2 N–H and O–H groups in total. The minimum absolute atomic E-state index is 0.00234. The molecule has 0 aliphatic carbocycles. The van der Waals surface area contributed by atoms with Crippen molar-refractivity contribution >= 4 is 17.9 Å². The van der Waals surface area contributed by atoms with Gasteiger partial charge in [-0.15, -0.1) is 0 Å². The zero-order valence-electron chi connectivity index (χ0n) is 25.4. The molecule has 46 heavy (non-hydrogen) atoms. The van der Waals surface area contributed by atoms with Crippen LogP contribution < -0.4 is 5.73 Å². The van der Waals surface area contributed by atoms with Gasteiger partial charge in [0, 0.05) is 13.1 Å². The number of carbonyl (C=O) groups excluding carboxylic acids is 3. The molecule has 4 rings (SSSR count). The summed E-state index contributed by atoms with van der Waals surface area (Å²) in [7, 11) is 0. The number of nitrogens with two attached hydrogens (primary N) is 1. The van der Waals surface area contributed by atoms with Gasteiger partial charge < -0.3 is 20.3 Å². The highest BCUT2D eigenvalue weighted by molar-refractivity contribution is 5.91. The normalized spacial score (nSPS) is 20.6. The molecule has 0 bridgehead atoms. The van der Waals surface area contributed by atoms with Crippen LogP contribution in [0.25, 0.3) is 0 Å². The second-order valence-corrected chi connectivity index (χ2v) is 11.7. The molecule has 0 aromatic heterocycles. The minimum Gasteiger partial charge on any atom is -0.444 e. The topological polar surface area (TPSA) is 96.2 Å². The van der Waals surface area contributed by atoms with E-state index in [4.69, 9.17) is 10.5 Å². The first-order valence-corrected chi connectivity index (χ1v) is 15.3. The van der Waals surface area contributed by atoms with Gasteiger partial charge in [0.15, 0.2) is 0 Å². The number of unbranched alkanes of at least 4 members (excludes halogenated alkanes) is 2. The molecule has 252 valence electrons. The van der Waals surface area contributed by atoms with Crippen LogP contribution in [0.2, 0.25) is 0 Å². The third-order valence-electron chi connectivity index (χ3n) is 8.30. The van der Waals surface area contributed by atoms with Crippen molar-refractivity contribution in [3.63, 3.8) is 0 Å². The summed E-state index contributed by atoms with van der Waals surface area (Å²) >= 11 is 0. The summed E-state index contributed by atoms with van der Waals surface area (Å²) in [5.74, 6) is -1.33. The van der Waals surface area contributed by atoms with Crippen LogP contribution in [-0.2, 0) is 39.7 Å². The summed E-state index contributed by atoms with van der Waals surface area (Å²) in [6.45, 7) is 1.74. The fourth-order valence-corrected chi connectivity index (χ4v) is 5.98. The Balaban J connectivity index is 1.66. The van der Waals surface area contributed by atoms with Crippen LogP contribution in [0, 0.1) is 5.92 Å². The molecule has 0 spiro atoms. The average Bonchev–Trinajstić information content (AvgIpc) is 3.01. The van der Waals surface area contributed by atoms with E-state index in [-0.39, 0.29) is 37.4 Å². The van der Waals surface area contributed by atoms with Crippen molar-refractivity contribution in [2.24, 2.45) is 11.7 Å². The maximum Gasteiger partial charge on any atom is 0.416 e. The molecule has 2 heterocycles. The third kappa shape index (κ3) is 8.31. The summed E-state index contributed by atoms with van der Waals surface area (Å²) in [6, 6.07) is 9.19. The molecule has 8 nitrogen and oxygen atoms in total. The Kier molecular flexibility index (Phi) is 11.2. The standard InChI is InChI=1S/C32H38F6N4O4/c1-2-3-13-40-19-27-41(30(45)46-20-22-15-24(31(33,34)35)17-25(16-22)32(36,37)38)18-23(14-21-9-5-4-6-10-21)28(43)42(27)26(29(40)44)11-7-8-12-39/h4-6,9-10,15-17,23,26-27H,2-3,7-8,11-14,18-20,39H2,1H3/t23-,26-,27+/m0/s1. The SMILES string of the molecule is CCCCN1C[C@@H]2N(C(=O)OCc3cc(C(F)(F)F)cc(C(F)(F)F)c3)C[C@H](Cc3ccccc3)C(=O)N2[C@@H](CCCCN)C1=O. The Labute approximate surface area is 263 Å². The lowest BCUT2D eigenvalue weighted by molar-refractivity contribution is -0.173. The zero-order chi connectivity index (χ0) is 33.6. The van der Waals surface area contributed by atoms with E-state index in [1.807, 2.05) is 25.1 Å². The Hall–Kier alpha value is -3.81. The highest BCUT2D eigenvalue weighted by atomic mass is 19.4. The van der Waals surface area contributed by atoms with E-state index < -0.39 is 59.9 Å². The number of piperazine rings is 1. The first kappa shape index (κ1) is 35.1. The number of benzene rings is 2. The van der Waals surface area contributed by atoms with Crippen molar-refractivity contribution in [1.29, 1.82) is 0 Å². The van der Waals surface area contributed by atoms with Gasteiger partial charge in [-0.25, -0.2) is 4.79 Å². The lowest BCUT2D eigenvalue weighted by atomic mass is 9.90. The predicted octanol–water partition coefficient (Wildman–Crippen LogP) is 5.83. The number of amides is 3. The largest absolute Gasteiger partial charge is 0.444 e. The highest BCUT2D eigenvalue weighted by Gasteiger charge is 2.51. The van der Waals surface area contributed by atoms with E-state index in [0.29, 0.717) is 50.9 Å². The summed E-state index contributed by atoms with van der Waals surface area (Å²) in [4.78, 5) is 45.7. The van der Waals surface area contributed by atoms with Crippen molar-refractivity contribution in [2.45, 2.75) is 76.6 Å². The van der Waals surface area contributed by atoms with Crippen LogP contribution in [0.5, 0.6) is 0 Å². The minimum atomic E-state index is -5.06. The van der Waals surface area contributed by atoms with Crippen LogP contribution in [-0.4, -0.2) is 71.0 Å². The van der Waals surface area contributed by atoms with Crippen molar-refractivity contribution in [1.82, 2.24) is 14.7 Å². The second kappa shape index (κ2) is 14.7. The summed E-state index contributed by atoms with van der Waals surface area (Å²) < 4.78 is 85.8. The monoisotopic (exact) mass is 656 g/mol. The number of hydrogen-bond acceptors (Lipinski definition) is 5. The van der Waals surface area contributed by atoms with Crippen LogP contribution in [0.3, 0.4) is 0 Å². The van der Waals surface area contributed by atoms with Crippen molar-refractivity contribution in [2.75, 3.05) is 26.2 Å².